The third kappa shape index (κ3) is 3.07. The van der Waals surface area contributed by atoms with Gasteiger partial charge in [-0.25, -0.2) is 0 Å². The highest BCUT2D eigenvalue weighted by molar-refractivity contribution is 5.97. The molecule has 3 rings (SSSR count). The van der Waals surface area contributed by atoms with Gasteiger partial charge < -0.3 is 9.80 Å². The van der Waals surface area contributed by atoms with Gasteiger partial charge in [-0.1, -0.05) is 18.2 Å². The van der Waals surface area contributed by atoms with Crippen LogP contribution >= 0.6 is 0 Å². The van der Waals surface area contributed by atoms with Crippen LogP contribution in [-0.4, -0.2) is 46.8 Å². The van der Waals surface area contributed by atoms with Gasteiger partial charge >= 0.3 is 0 Å². The molecule has 0 aliphatic carbocycles. The summed E-state index contributed by atoms with van der Waals surface area (Å²) in [5.41, 5.74) is 0.616. The van der Waals surface area contributed by atoms with Crippen molar-refractivity contribution in [3.63, 3.8) is 0 Å². The second kappa shape index (κ2) is 6.82. The fraction of sp³-hybridized carbons (Fsp3) is 0.500. The molecule has 1 aromatic carbocycles. The molecule has 2 atom stereocenters. The Morgan fingerprint density at radius 1 is 1.00 bits per heavy atom. The van der Waals surface area contributed by atoms with Crippen LogP contribution in [0.25, 0.3) is 0 Å². The number of piperidine rings is 1. The number of carbonyl (C=O) groups is 2. The number of nitrogens with zero attached hydrogens (tertiary/aromatic N) is 3. The zero-order valence-electron chi connectivity index (χ0n) is 13.1. The van der Waals surface area contributed by atoms with Crippen molar-refractivity contribution in [3.05, 3.63) is 35.9 Å². The van der Waals surface area contributed by atoms with E-state index in [0.717, 1.165) is 25.7 Å². The lowest BCUT2D eigenvalue weighted by molar-refractivity contribution is -0.137. The SMILES string of the molecule is N#C[C@@H]1CCCN1C(=O)[C@@H]1CCCCN1C(=O)c1ccccc1. The second-order valence-electron chi connectivity index (χ2n) is 6.19. The zero-order chi connectivity index (χ0) is 16.2. The molecular formula is C18H21N3O2. The standard InChI is InChI=1S/C18H21N3O2/c19-13-15-9-6-12-20(15)18(23)16-10-4-5-11-21(16)17(22)14-7-2-1-3-8-14/h1-3,7-8,15-16H,4-6,9-12H2/t15-,16-/m0/s1. The third-order valence-electron chi connectivity index (χ3n) is 4.75. The topological polar surface area (TPSA) is 64.4 Å². The average Bonchev–Trinajstić information content (AvgIpc) is 3.10. The molecule has 2 saturated heterocycles. The predicted molar refractivity (Wildman–Crippen MR) is 85.5 cm³/mol. The molecule has 1 aromatic rings. The number of amides is 2. The van der Waals surface area contributed by atoms with Gasteiger partial charge in [0.05, 0.1) is 6.07 Å². The molecule has 120 valence electrons. The molecule has 0 aromatic heterocycles. The largest absolute Gasteiger partial charge is 0.327 e. The van der Waals surface area contributed by atoms with E-state index in [1.54, 1.807) is 21.9 Å². The molecule has 5 nitrogen and oxygen atoms in total. The monoisotopic (exact) mass is 311 g/mol. The normalized spacial score (nSPS) is 24.3. The summed E-state index contributed by atoms with van der Waals surface area (Å²) in [7, 11) is 0. The number of likely N-dealkylation sites (tertiary alicyclic amines) is 2. The number of hydrogen-bond acceptors (Lipinski definition) is 3. The molecule has 2 fully saturated rings. The first kappa shape index (κ1) is 15.5. The van der Waals surface area contributed by atoms with Crippen LogP contribution in [0.15, 0.2) is 30.3 Å². The fourth-order valence-corrected chi connectivity index (χ4v) is 3.53. The molecule has 2 heterocycles. The quantitative estimate of drug-likeness (QED) is 0.841. The maximum absolute atomic E-state index is 12.9. The van der Waals surface area contributed by atoms with E-state index >= 15 is 0 Å². The van der Waals surface area contributed by atoms with Crippen molar-refractivity contribution in [2.24, 2.45) is 0 Å². The van der Waals surface area contributed by atoms with Crippen LogP contribution in [0.3, 0.4) is 0 Å². The zero-order valence-corrected chi connectivity index (χ0v) is 13.1. The minimum Gasteiger partial charge on any atom is -0.327 e. The maximum Gasteiger partial charge on any atom is 0.254 e. The number of hydrogen-bond donors (Lipinski definition) is 0. The van der Waals surface area contributed by atoms with Crippen LogP contribution in [0.4, 0.5) is 0 Å². The van der Waals surface area contributed by atoms with Gasteiger partial charge in [0.15, 0.2) is 0 Å². The molecule has 0 saturated carbocycles. The lowest BCUT2D eigenvalue weighted by Crippen LogP contribution is -2.53. The lowest BCUT2D eigenvalue weighted by Gasteiger charge is -2.37. The van der Waals surface area contributed by atoms with Crippen LogP contribution in [-0.2, 0) is 4.79 Å². The van der Waals surface area contributed by atoms with Crippen molar-refractivity contribution in [2.75, 3.05) is 13.1 Å². The molecule has 2 amide bonds. The predicted octanol–water partition coefficient (Wildman–Crippen LogP) is 2.20. The molecule has 0 radical (unpaired) electrons. The Labute approximate surface area is 136 Å². The van der Waals surface area contributed by atoms with E-state index in [0.29, 0.717) is 25.1 Å². The summed E-state index contributed by atoms with van der Waals surface area (Å²) in [5.74, 6) is -0.144. The van der Waals surface area contributed by atoms with Gasteiger partial charge in [0.1, 0.15) is 12.1 Å². The minimum atomic E-state index is -0.426. The van der Waals surface area contributed by atoms with E-state index in [4.69, 9.17) is 0 Å². The Bertz CT molecular complexity index is 623. The van der Waals surface area contributed by atoms with Crippen LogP contribution in [0.2, 0.25) is 0 Å². The average molecular weight is 311 g/mol. The summed E-state index contributed by atoms with van der Waals surface area (Å²) < 4.78 is 0. The van der Waals surface area contributed by atoms with Gasteiger partial charge in [0.2, 0.25) is 5.91 Å². The number of carbonyl (C=O) groups excluding carboxylic acids is 2. The smallest absolute Gasteiger partial charge is 0.254 e. The number of rotatable bonds is 2. The van der Waals surface area contributed by atoms with Gasteiger partial charge in [-0.2, -0.15) is 5.26 Å². The lowest BCUT2D eigenvalue weighted by atomic mass is 9.99. The van der Waals surface area contributed by atoms with E-state index in [-0.39, 0.29) is 17.9 Å². The summed E-state index contributed by atoms with van der Waals surface area (Å²) >= 11 is 0. The minimum absolute atomic E-state index is 0.0574. The first-order chi connectivity index (χ1) is 11.2. The molecule has 2 aliphatic heterocycles. The Hall–Kier alpha value is -2.35. The highest BCUT2D eigenvalue weighted by Crippen LogP contribution is 2.25. The molecule has 0 spiro atoms. The summed E-state index contributed by atoms with van der Waals surface area (Å²) in [6, 6.07) is 10.6. The Kier molecular flexibility index (Phi) is 4.61. The molecule has 23 heavy (non-hydrogen) atoms. The van der Waals surface area contributed by atoms with Crippen LogP contribution in [0, 0.1) is 11.3 Å². The number of benzene rings is 1. The summed E-state index contributed by atoms with van der Waals surface area (Å²) in [4.78, 5) is 29.0. The summed E-state index contributed by atoms with van der Waals surface area (Å²) in [6.07, 6.45) is 4.15. The molecule has 2 aliphatic rings. The van der Waals surface area contributed by atoms with Gasteiger partial charge in [-0.3, -0.25) is 9.59 Å². The van der Waals surface area contributed by atoms with E-state index in [9.17, 15) is 14.9 Å². The molecule has 5 heteroatoms. The Balaban J connectivity index is 1.80. The Morgan fingerprint density at radius 2 is 1.74 bits per heavy atom. The van der Waals surface area contributed by atoms with Crippen LogP contribution in [0.5, 0.6) is 0 Å². The summed E-state index contributed by atoms with van der Waals surface area (Å²) in [5, 5.41) is 9.21. The van der Waals surface area contributed by atoms with Crippen molar-refractivity contribution >= 4 is 11.8 Å². The molecule has 0 bridgehead atoms. The van der Waals surface area contributed by atoms with Crippen molar-refractivity contribution in [1.29, 1.82) is 5.26 Å². The second-order valence-corrected chi connectivity index (χ2v) is 6.19. The van der Waals surface area contributed by atoms with E-state index in [2.05, 4.69) is 6.07 Å². The molecule has 0 unspecified atom stereocenters. The van der Waals surface area contributed by atoms with E-state index in [1.165, 1.54) is 0 Å². The van der Waals surface area contributed by atoms with Crippen LogP contribution in [0.1, 0.15) is 42.5 Å². The van der Waals surface area contributed by atoms with Crippen molar-refractivity contribution in [1.82, 2.24) is 9.80 Å². The third-order valence-corrected chi connectivity index (χ3v) is 4.75. The first-order valence-electron chi connectivity index (χ1n) is 8.28. The molecular weight excluding hydrogens is 290 g/mol. The summed E-state index contributed by atoms with van der Waals surface area (Å²) in [6.45, 7) is 1.23. The fourth-order valence-electron chi connectivity index (χ4n) is 3.53. The van der Waals surface area contributed by atoms with Gasteiger partial charge in [-0.05, 0) is 44.2 Å². The first-order valence-corrected chi connectivity index (χ1v) is 8.28. The van der Waals surface area contributed by atoms with Crippen molar-refractivity contribution in [2.45, 2.75) is 44.2 Å². The van der Waals surface area contributed by atoms with Gasteiger partial charge in [0.25, 0.3) is 5.91 Å². The van der Waals surface area contributed by atoms with Gasteiger partial charge in [0, 0.05) is 18.7 Å². The van der Waals surface area contributed by atoms with Crippen molar-refractivity contribution < 1.29 is 9.59 Å². The van der Waals surface area contributed by atoms with Gasteiger partial charge in [-0.15, -0.1) is 0 Å². The van der Waals surface area contributed by atoms with Crippen molar-refractivity contribution in [3.8, 4) is 6.07 Å². The molecule has 0 N–H and O–H groups in total. The highest BCUT2D eigenvalue weighted by Gasteiger charge is 2.38. The highest BCUT2D eigenvalue weighted by atomic mass is 16.2. The number of nitriles is 1. The Morgan fingerprint density at radius 3 is 2.48 bits per heavy atom. The van der Waals surface area contributed by atoms with E-state index in [1.807, 2.05) is 18.2 Å². The van der Waals surface area contributed by atoms with Crippen LogP contribution < -0.4 is 0 Å². The van der Waals surface area contributed by atoms with E-state index < -0.39 is 6.04 Å². The maximum atomic E-state index is 12.9.